The fourth-order valence-electron chi connectivity index (χ4n) is 2.11. The Bertz CT molecular complexity index is 635. The van der Waals surface area contributed by atoms with Crippen LogP contribution in [-0.2, 0) is 4.79 Å². The maximum atomic E-state index is 10.6. The molecule has 94 valence electrons. The second-order valence-corrected chi connectivity index (χ2v) is 5.37. The molecule has 1 aromatic heterocycles. The van der Waals surface area contributed by atoms with E-state index in [0.717, 1.165) is 29.2 Å². The van der Waals surface area contributed by atoms with E-state index in [1.165, 1.54) is 0 Å². The van der Waals surface area contributed by atoms with Gasteiger partial charge in [0, 0.05) is 17.6 Å². The minimum atomic E-state index is -0.0303. The van der Waals surface area contributed by atoms with E-state index in [0.29, 0.717) is 15.8 Å². The molecule has 18 heavy (non-hydrogen) atoms. The van der Waals surface area contributed by atoms with Gasteiger partial charge in [-0.05, 0) is 18.9 Å². The lowest BCUT2D eigenvalue weighted by molar-refractivity contribution is -0.109. The summed E-state index contributed by atoms with van der Waals surface area (Å²) in [5.74, 6) is 0.696. The number of aromatic amines is 1. The summed E-state index contributed by atoms with van der Waals surface area (Å²) < 4.78 is 5.82. The number of ether oxygens (including phenoxy) is 1. The van der Waals surface area contributed by atoms with Crippen LogP contribution in [0.3, 0.4) is 0 Å². The molecule has 3 nitrogen and oxygen atoms in total. The van der Waals surface area contributed by atoms with Crippen LogP contribution >= 0.6 is 23.2 Å². The molecule has 1 aromatic carbocycles. The summed E-state index contributed by atoms with van der Waals surface area (Å²) in [5, 5.41) is 1.88. The predicted molar refractivity (Wildman–Crippen MR) is 71.6 cm³/mol. The SMILES string of the molecule is Cc1c[nH]c2c(Cl)c(Cl)cc(OC3CC3C=O)c12. The Balaban J connectivity index is 2.08. The normalized spacial score (nSPS) is 22.2. The third kappa shape index (κ3) is 1.78. The highest BCUT2D eigenvalue weighted by molar-refractivity contribution is 6.45. The van der Waals surface area contributed by atoms with Gasteiger partial charge in [0.15, 0.2) is 0 Å². The zero-order chi connectivity index (χ0) is 12.9. The molecule has 2 aromatic rings. The van der Waals surface area contributed by atoms with Gasteiger partial charge in [-0.1, -0.05) is 23.2 Å². The van der Waals surface area contributed by atoms with Gasteiger partial charge < -0.3 is 14.5 Å². The smallest absolute Gasteiger partial charge is 0.130 e. The van der Waals surface area contributed by atoms with Crippen LogP contribution in [0.2, 0.25) is 10.0 Å². The van der Waals surface area contributed by atoms with E-state index in [2.05, 4.69) is 4.98 Å². The number of hydrogen-bond acceptors (Lipinski definition) is 2. The number of rotatable bonds is 3. The van der Waals surface area contributed by atoms with E-state index in [1.54, 1.807) is 6.07 Å². The van der Waals surface area contributed by atoms with Crippen molar-refractivity contribution in [1.29, 1.82) is 0 Å². The Hall–Kier alpha value is -1.19. The number of carbonyl (C=O) groups excluding carboxylic acids is 1. The number of aryl methyl sites for hydroxylation is 1. The average molecular weight is 284 g/mol. The summed E-state index contributed by atoms with van der Waals surface area (Å²) in [6.07, 6.45) is 3.54. The summed E-state index contributed by atoms with van der Waals surface area (Å²) in [6, 6.07) is 1.72. The largest absolute Gasteiger partial charge is 0.489 e. The summed E-state index contributed by atoms with van der Waals surface area (Å²) in [5.41, 5.74) is 1.82. The first-order valence-electron chi connectivity index (χ1n) is 5.69. The van der Waals surface area contributed by atoms with Crippen LogP contribution in [0.15, 0.2) is 12.3 Å². The molecule has 1 N–H and O–H groups in total. The molecule has 5 heteroatoms. The first-order chi connectivity index (χ1) is 8.61. The molecule has 1 fully saturated rings. The lowest BCUT2D eigenvalue weighted by Crippen LogP contribution is -2.01. The molecular formula is C13H11Cl2NO2. The summed E-state index contributed by atoms with van der Waals surface area (Å²) in [6.45, 7) is 1.97. The van der Waals surface area contributed by atoms with Gasteiger partial charge >= 0.3 is 0 Å². The number of fused-ring (bicyclic) bond motifs is 1. The molecule has 3 rings (SSSR count). The molecule has 0 amide bonds. The highest BCUT2D eigenvalue weighted by atomic mass is 35.5. The van der Waals surface area contributed by atoms with Gasteiger partial charge in [-0.2, -0.15) is 0 Å². The van der Waals surface area contributed by atoms with E-state index in [9.17, 15) is 4.79 Å². The van der Waals surface area contributed by atoms with Crippen molar-refractivity contribution in [1.82, 2.24) is 4.98 Å². The summed E-state index contributed by atoms with van der Waals surface area (Å²) >= 11 is 12.2. The van der Waals surface area contributed by atoms with Gasteiger partial charge in [-0.25, -0.2) is 0 Å². The number of benzene rings is 1. The van der Waals surface area contributed by atoms with E-state index in [1.807, 2.05) is 13.1 Å². The lowest BCUT2D eigenvalue weighted by Gasteiger charge is -2.09. The molecule has 2 atom stereocenters. The zero-order valence-corrected chi connectivity index (χ0v) is 11.2. The molecule has 0 radical (unpaired) electrons. The fraction of sp³-hybridized carbons (Fsp3) is 0.308. The van der Waals surface area contributed by atoms with E-state index >= 15 is 0 Å². The van der Waals surface area contributed by atoms with Crippen LogP contribution in [0.5, 0.6) is 5.75 Å². The summed E-state index contributed by atoms with van der Waals surface area (Å²) in [4.78, 5) is 13.7. The van der Waals surface area contributed by atoms with Crippen molar-refractivity contribution in [3.63, 3.8) is 0 Å². The van der Waals surface area contributed by atoms with Crippen molar-refractivity contribution < 1.29 is 9.53 Å². The van der Waals surface area contributed by atoms with Crippen molar-refractivity contribution in [2.45, 2.75) is 19.4 Å². The number of aldehydes is 1. The maximum Gasteiger partial charge on any atom is 0.130 e. The van der Waals surface area contributed by atoms with Crippen LogP contribution in [0.1, 0.15) is 12.0 Å². The predicted octanol–water partition coefficient (Wildman–Crippen LogP) is 3.75. The number of nitrogens with one attached hydrogen (secondary N) is 1. The van der Waals surface area contributed by atoms with Crippen molar-refractivity contribution in [3.8, 4) is 5.75 Å². The Kier molecular flexibility index (Phi) is 2.76. The Morgan fingerprint density at radius 2 is 2.28 bits per heavy atom. The highest BCUT2D eigenvalue weighted by Gasteiger charge is 2.39. The molecule has 1 saturated carbocycles. The topological polar surface area (TPSA) is 42.1 Å². The van der Waals surface area contributed by atoms with E-state index in [-0.39, 0.29) is 12.0 Å². The number of aromatic nitrogens is 1. The molecule has 0 saturated heterocycles. The second-order valence-electron chi connectivity index (χ2n) is 4.58. The van der Waals surface area contributed by atoms with Gasteiger partial charge in [0.1, 0.15) is 18.1 Å². The van der Waals surface area contributed by atoms with Gasteiger partial charge in [-0.15, -0.1) is 0 Å². The van der Waals surface area contributed by atoms with Crippen LogP contribution in [0.4, 0.5) is 0 Å². The average Bonchev–Trinajstić information content (AvgIpc) is 2.98. The monoisotopic (exact) mass is 283 g/mol. The molecule has 0 spiro atoms. The van der Waals surface area contributed by atoms with Gasteiger partial charge in [0.05, 0.1) is 21.5 Å². The number of halogens is 2. The molecule has 0 bridgehead atoms. The van der Waals surface area contributed by atoms with Crippen LogP contribution < -0.4 is 4.74 Å². The quantitative estimate of drug-likeness (QED) is 0.872. The van der Waals surface area contributed by atoms with Gasteiger partial charge in [0.2, 0.25) is 0 Å². The Labute approximate surface area is 114 Å². The molecule has 0 aliphatic heterocycles. The minimum Gasteiger partial charge on any atom is -0.489 e. The van der Waals surface area contributed by atoms with Crippen molar-refractivity contribution >= 4 is 40.4 Å². The third-order valence-corrected chi connectivity index (χ3v) is 4.03. The molecule has 2 unspecified atom stereocenters. The van der Waals surface area contributed by atoms with E-state index < -0.39 is 0 Å². The molecule has 1 aliphatic carbocycles. The highest BCUT2D eigenvalue weighted by Crippen LogP contribution is 2.42. The molecular weight excluding hydrogens is 273 g/mol. The van der Waals surface area contributed by atoms with Crippen molar-refractivity contribution in [2.24, 2.45) is 5.92 Å². The van der Waals surface area contributed by atoms with Crippen LogP contribution in [0, 0.1) is 12.8 Å². The first-order valence-corrected chi connectivity index (χ1v) is 6.45. The first kappa shape index (κ1) is 11.9. The Morgan fingerprint density at radius 1 is 1.50 bits per heavy atom. The zero-order valence-electron chi connectivity index (χ0n) is 9.67. The lowest BCUT2D eigenvalue weighted by atomic mass is 10.1. The van der Waals surface area contributed by atoms with E-state index in [4.69, 9.17) is 27.9 Å². The van der Waals surface area contributed by atoms with Gasteiger partial charge in [0.25, 0.3) is 0 Å². The number of carbonyl (C=O) groups is 1. The van der Waals surface area contributed by atoms with Crippen molar-refractivity contribution in [3.05, 3.63) is 27.9 Å². The van der Waals surface area contributed by atoms with Crippen LogP contribution in [-0.4, -0.2) is 17.4 Å². The second kappa shape index (κ2) is 4.18. The van der Waals surface area contributed by atoms with Crippen molar-refractivity contribution in [2.75, 3.05) is 0 Å². The number of hydrogen-bond donors (Lipinski definition) is 1. The summed E-state index contributed by atoms with van der Waals surface area (Å²) in [7, 11) is 0. The third-order valence-electron chi connectivity index (χ3n) is 3.24. The fourth-order valence-corrected chi connectivity index (χ4v) is 2.50. The standard InChI is InChI=1S/C13H11Cl2NO2/c1-6-4-16-13-11(6)10(3-8(14)12(13)15)18-9-2-7(9)5-17/h3-5,7,9,16H,2H2,1H3. The molecule has 1 aliphatic rings. The Morgan fingerprint density at radius 3 is 2.94 bits per heavy atom. The van der Waals surface area contributed by atoms with Gasteiger partial charge in [-0.3, -0.25) is 0 Å². The maximum absolute atomic E-state index is 10.6. The molecule has 1 heterocycles. The van der Waals surface area contributed by atoms with Crippen LogP contribution in [0.25, 0.3) is 10.9 Å². The number of H-pyrrole nitrogens is 1. The minimum absolute atomic E-state index is 0.00810.